The van der Waals surface area contributed by atoms with E-state index in [2.05, 4.69) is 194 Å². The van der Waals surface area contributed by atoms with Crippen molar-refractivity contribution >= 4 is 103 Å². The summed E-state index contributed by atoms with van der Waals surface area (Å²) in [4.78, 5) is 0. The Morgan fingerprint density at radius 2 is 0.587 bits per heavy atom. The summed E-state index contributed by atoms with van der Waals surface area (Å²) in [6.07, 6.45) is 3.24. The number of hydrogen-bond donors (Lipinski definition) is 0. The molecule has 12 aromatic rings. The molecule has 13 rings (SSSR count). The first-order valence-corrected chi connectivity index (χ1v) is 24.2. The van der Waals surface area contributed by atoms with E-state index < -0.39 is 16.0 Å². The maximum absolute atomic E-state index is 7.19. The lowest BCUT2D eigenvalue weighted by Crippen LogP contribution is -2.06. The molecule has 0 saturated heterocycles. The van der Waals surface area contributed by atoms with Crippen molar-refractivity contribution < 1.29 is 16.8 Å². The molecular weight excluding hydrogens is 811 g/mol. The molecule has 2 aromatic heterocycles. The van der Waals surface area contributed by atoms with Crippen molar-refractivity contribution in [3.8, 4) is 10.6 Å². The van der Waals surface area contributed by atoms with Crippen LogP contribution in [-0.4, -0.2) is 0 Å². The Labute approximate surface area is 365 Å². The summed E-state index contributed by atoms with van der Waals surface area (Å²) in [6.45, 7) is 0. The van der Waals surface area contributed by atoms with Gasteiger partial charge >= 0.3 is 0 Å². The molecule has 1 aliphatic rings. The number of benzene rings is 10. The van der Waals surface area contributed by atoms with Crippen molar-refractivity contribution in [3.63, 3.8) is 0 Å². The molecule has 0 amide bonds. The average molecular weight is 851 g/mol. The van der Waals surface area contributed by atoms with Crippen LogP contribution in [0.15, 0.2) is 211 Å². The molecule has 10 aromatic carbocycles. The van der Waals surface area contributed by atoms with E-state index in [1.165, 1.54) is 32.7 Å². The second-order valence-electron chi connectivity index (χ2n) is 16.8. The lowest BCUT2D eigenvalue weighted by Gasteiger charge is -2.24. The van der Waals surface area contributed by atoms with E-state index in [1.54, 1.807) is 0 Å². The first-order valence-electron chi connectivity index (χ1n) is 21.8. The molecule has 1 saturated carbocycles. The van der Waals surface area contributed by atoms with E-state index in [9.17, 15) is 0 Å². The molecule has 1 aliphatic carbocycles. The van der Waals surface area contributed by atoms with E-state index in [4.69, 9.17) is 16.8 Å². The van der Waals surface area contributed by atoms with Crippen molar-refractivity contribution in [3.05, 3.63) is 205 Å². The van der Waals surface area contributed by atoms with Crippen LogP contribution in [0.4, 0.5) is 0 Å². The fourth-order valence-electron chi connectivity index (χ4n) is 10.6. The largest absolute Gasteiger partial charge is 0.416 e. The summed E-state index contributed by atoms with van der Waals surface area (Å²) in [6, 6.07) is 69.4. The molecule has 63 heavy (non-hydrogen) atoms. The van der Waals surface area contributed by atoms with Gasteiger partial charge < -0.3 is 16.8 Å². The molecule has 0 bridgehead atoms. The first-order chi connectivity index (χ1) is 31.2. The zero-order valence-electron chi connectivity index (χ0n) is 34.3. The van der Waals surface area contributed by atoms with Crippen LogP contribution in [0.3, 0.4) is 0 Å². The summed E-state index contributed by atoms with van der Waals surface area (Å²) in [5.41, 5.74) is 5.98. The van der Waals surface area contributed by atoms with E-state index in [-0.39, 0.29) is 11.8 Å². The quantitative estimate of drug-likeness (QED) is 0.177. The summed E-state index contributed by atoms with van der Waals surface area (Å²) < 4.78 is 28.8. The van der Waals surface area contributed by atoms with E-state index in [0.29, 0.717) is 0 Å². The van der Waals surface area contributed by atoms with Gasteiger partial charge in [0.2, 0.25) is 0 Å². The lowest BCUT2D eigenvalue weighted by molar-refractivity contribution is 0.619. The molecule has 0 unspecified atom stereocenters. The van der Waals surface area contributed by atoms with Crippen molar-refractivity contribution in [1.82, 2.24) is 0 Å². The maximum atomic E-state index is 7.19. The molecule has 4 nitrogen and oxygen atoms in total. The van der Waals surface area contributed by atoms with Gasteiger partial charge in [-0.05, 0) is 115 Å². The fraction of sp³-hybridized carbons (Fsp3) is 0.0877. The summed E-state index contributed by atoms with van der Waals surface area (Å²) >= 11 is 0. The second-order valence-corrected chi connectivity index (χ2v) is 19.5. The molecule has 0 aliphatic heterocycles. The van der Waals surface area contributed by atoms with Crippen molar-refractivity contribution in [2.75, 3.05) is 0 Å². The number of rotatable bonds is 4. The molecule has 0 N–H and O–H groups in total. The van der Waals surface area contributed by atoms with Gasteiger partial charge in [0.15, 0.2) is 0 Å². The van der Waals surface area contributed by atoms with Crippen LogP contribution in [0, 0.1) is 0 Å². The topological polar surface area (TPSA) is 52.6 Å². The van der Waals surface area contributed by atoms with Crippen molar-refractivity contribution in [2.45, 2.75) is 31.1 Å². The lowest BCUT2D eigenvalue weighted by atomic mass is 9.84. The minimum atomic E-state index is -1.56. The molecule has 0 spiro atoms. The highest BCUT2D eigenvalue weighted by atomic mass is 31.1. The zero-order chi connectivity index (χ0) is 41.4. The normalized spacial score (nSPS) is 15.4. The van der Waals surface area contributed by atoms with Gasteiger partial charge in [0.1, 0.15) is 22.3 Å². The van der Waals surface area contributed by atoms with Crippen LogP contribution in [0.1, 0.15) is 42.2 Å². The zero-order valence-corrected chi connectivity index (χ0v) is 36.1. The van der Waals surface area contributed by atoms with Crippen LogP contribution >= 0.6 is 16.0 Å². The van der Waals surface area contributed by atoms with Gasteiger partial charge in [-0.15, -0.1) is 0 Å². The van der Waals surface area contributed by atoms with Gasteiger partial charge in [0.25, 0.3) is 16.0 Å². The third kappa shape index (κ3) is 5.97. The van der Waals surface area contributed by atoms with E-state index in [1.807, 2.05) is 0 Å². The highest BCUT2D eigenvalue weighted by Crippen LogP contribution is 2.57. The minimum absolute atomic E-state index is 0.238. The Bertz CT molecular complexity index is 3430. The van der Waals surface area contributed by atoms with Gasteiger partial charge in [-0.3, -0.25) is 0 Å². The van der Waals surface area contributed by atoms with Crippen molar-refractivity contribution in [1.29, 1.82) is 0 Å². The Kier molecular flexibility index (Phi) is 8.64. The summed E-state index contributed by atoms with van der Waals surface area (Å²) in [5, 5.41) is 15.9. The van der Waals surface area contributed by atoms with Crippen LogP contribution in [0.2, 0.25) is 0 Å². The number of hydrogen-bond acceptors (Lipinski definition) is 4. The van der Waals surface area contributed by atoms with Gasteiger partial charge in [0.05, 0.1) is 10.6 Å². The predicted octanol–water partition coefficient (Wildman–Crippen LogP) is 18.5. The highest BCUT2D eigenvalue weighted by molar-refractivity contribution is 7.46. The molecule has 1 fully saturated rings. The first kappa shape index (κ1) is 36.7. The highest BCUT2D eigenvalue weighted by Gasteiger charge is 2.34. The predicted molar refractivity (Wildman–Crippen MR) is 265 cm³/mol. The summed E-state index contributed by atoms with van der Waals surface area (Å²) in [5.74, 6) is 0.476. The molecule has 2 atom stereocenters. The van der Waals surface area contributed by atoms with Crippen LogP contribution in [-0.2, 0) is 0 Å². The van der Waals surface area contributed by atoms with Gasteiger partial charge in [-0.1, -0.05) is 164 Å². The smallest absolute Gasteiger partial charge is 0.253 e. The Morgan fingerprint density at radius 1 is 0.302 bits per heavy atom. The van der Waals surface area contributed by atoms with Crippen LogP contribution in [0.25, 0.3) is 97.6 Å². The van der Waals surface area contributed by atoms with E-state index in [0.717, 1.165) is 95.3 Å². The van der Waals surface area contributed by atoms with Crippen LogP contribution < -0.4 is 0 Å². The van der Waals surface area contributed by atoms with Crippen LogP contribution in [0.5, 0.6) is 0 Å². The van der Waals surface area contributed by atoms with Gasteiger partial charge in [-0.2, -0.15) is 0 Å². The van der Waals surface area contributed by atoms with Gasteiger partial charge in [0, 0.05) is 21.5 Å². The average Bonchev–Trinajstić information content (AvgIpc) is 3.67. The molecular formula is C57H40O4P2. The molecule has 6 heteroatoms. The Balaban J connectivity index is 1.01. The maximum Gasteiger partial charge on any atom is 0.253 e. The minimum Gasteiger partial charge on any atom is -0.416 e. The van der Waals surface area contributed by atoms with Gasteiger partial charge in [-0.25, -0.2) is 0 Å². The number of fused-ring (bicyclic) bond motifs is 14. The van der Waals surface area contributed by atoms with E-state index >= 15 is 0 Å². The fourth-order valence-corrected chi connectivity index (χ4v) is 13.7. The summed E-state index contributed by atoms with van der Waals surface area (Å²) in [7, 11) is -3.12. The SMILES string of the molecule is c1ccc(-p2oc3ccc4ccccc4c3c3c(ccc4ccccc43)o2)c([C@H]2CCC[C@H]2c2ccccc2-p2oc3ccc4ccccc4c3c3c(ccc4ccccc43)o2)c1. The molecule has 0 radical (unpaired) electrons. The molecule has 2 heterocycles. The standard InChI is InChI=1S/C57H40O4P2/c1-5-18-40-36(14-1)28-32-48-54(40)55-41-19-6-2-15-37(41)29-33-49(55)59-62(58-48)52-26-11-9-22-46(52)44-24-13-25-45(44)47-23-10-12-27-53(47)63-60-50-34-30-38-16-3-7-20-42(38)56(50)57-43-21-8-4-17-39(43)31-35-51(57)61-63/h1-12,14-23,26-35,44-45H,13,24-25H2/t44-,45+. The van der Waals surface area contributed by atoms with Crippen molar-refractivity contribution in [2.24, 2.45) is 0 Å². The second kappa shape index (κ2) is 14.8. The third-order valence-electron chi connectivity index (χ3n) is 13.4. The molecule has 302 valence electrons. The Morgan fingerprint density at radius 3 is 0.921 bits per heavy atom. The monoisotopic (exact) mass is 850 g/mol. The Hall–Kier alpha value is -6.96. The third-order valence-corrected chi connectivity index (χ3v) is 16.4.